The zero-order chi connectivity index (χ0) is 6.97. The third-order valence-corrected chi connectivity index (χ3v) is 1.90. The average Bonchev–Trinajstić information content (AvgIpc) is 2.65. The molecule has 0 aromatic rings. The van der Waals surface area contributed by atoms with Gasteiger partial charge in [0.25, 0.3) is 0 Å². The van der Waals surface area contributed by atoms with Gasteiger partial charge in [0.2, 0.25) is 0 Å². The van der Waals surface area contributed by atoms with Gasteiger partial charge >= 0.3 is 0 Å². The molecule has 0 bridgehead atoms. The molecular weight excluding hydrogens is 128 g/mol. The van der Waals surface area contributed by atoms with Gasteiger partial charge in [-0.3, -0.25) is 4.79 Å². The van der Waals surface area contributed by atoms with E-state index in [-0.39, 0.29) is 5.78 Å². The molecule has 0 saturated heterocycles. The van der Waals surface area contributed by atoms with Crippen molar-refractivity contribution in [3.05, 3.63) is 11.8 Å². The van der Waals surface area contributed by atoms with Crippen molar-refractivity contribution in [1.82, 2.24) is 0 Å². The first-order valence-electron chi connectivity index (χ1n) is 3.75. The van der Waals surface area contributed by atoms with E-state index in [4.69, 9.17) is 4.74 Å². The SMILES string of the molecule is O=C(C1=CCCO1)C1CC1. The van der Waals surface area contributed by atoms with Crippen molar-refractivity contribution >= 4 is 5.78 Å². The number of ether oxygens (including phenoxy) is 1. The lowest BCUT2D eigenvalue weighted by atomic mass is 10.2. The van der Waals surface area contributed by atoms with Gasteiger partial charge in [0.05, 0.1) is 6.61 Å². The van der Waals surface area contributed by atoms with Gasteiger partial charge < -0.3 is 4.74 Å². The van der Waals surface area contributed by atoms with E-state index in [2.05, 4.69) is 0 Å². The van der Waals surface area contributed by atoms with Crippen LogP contribution in [0.15, 0.2) is 11.8 Å². The predicted octanol–water partition coefficient (Wildman–Crippen LogP) is 1.27. The Morgan fingerprint density at radius 1 is 1.60 bits per heavy atom. The third-order valence-electron chi connectivity index (χ3n) is 1.90. The molecule has 10 heavy (non-hydrogen) atoms. The van der Waals surface area contributed by atoms with Crippen molar-refractivity contribution in [3.63, 3.8) is 0 Å². The fourth-order valence-corrected chi connectivity index (χ4v) is 1.14. The molecule has 0 spiro atoms. The lowest BCUT2D eigenvalue weighted by Gasteiger charge is -1.98. The highest BCUT2D eigenvalue weighted by Gasteiger charge is 2.33. The number of ketones is 1. The van der Waals surface area contributed by atoms with Crippen molar-refractivity contribution in [1.29, 1.82) is 0 Å². The fraction of sp³-hybridized carbons (Fsp3) is 0.625. The first-order valence-corrected chi connectivity index (χ1v) is 3.75. The molecule has 54 valence electrons. The number of hydrogen-bond acceptors (Lipinski definition) is 2. The average molecular weight is 138 g/mol. The van der Waals surface area contributed by atoms with Gasteiger partial charge in [-0.25, -0.2) is 0 Å². The second kappa shape index (κ2) is 2.11. The largest absolute Gasteiger partial charge is 0.490 e. The molecule has 2 heteroatoms. The van der Waals surface area contributed by atoms with Gasteiger partial charge in [-0.05, 0) is 18.9 Å². The minimum Gasteiger partial charge on any atom is -0.490 e. The van der Waals surface area contributed by atoms with Crippen LogP contribution in [-0.2, 0) is 9.53 Å². The Bertz CT molecular complexity index is 189. The van der Waals surface area contributed by atoms with Gasteiger partial charge in [-0.1, -0.05) is 0 Å². The van der Waals surface area contributed by atoms with Crippen LogP contribution in [0.25, 0.3) is 0 Å². The first kappa shape index (κ1) is 5.96. The lowest BCUT2D eigenvalue weighted by Crippen LogP contribution is -2.04. The summed E-state index contributed by atoms with van der Waals surface area (Å²) in [6.45, 7) is 0.702. The Hall–Kier alpha value is -0.790. The monoisotopic (exact) mass is 138 g/mol. The highest BCUT2D eigenvalue weighted by atomic mass is 16.5. The summed E-state index contributed by atoms with van der Waals surface area (Å²) in [6, 6.07) is 0. The van der Waals surface area contributed by atoms with Crippen LogP contribution in [0.4, 0.5) is 0 Å². The molecular formula is C8H10O2. The Morgan fingerprint density at radius 2 is 2.40 bits per heavy atom. The van der Waals surface area contributed by atoms with Crippen molar-refractivity contribution in [3.8, 4) is 0 Å². The standard InChI is InChI=1S/C8H10O2/c9-8(6-3-4-6)7-2-1-5-10-7/h2,6H,1,3-5H2. The van der Waals surface area contributed by atoms with Gasteiger partial charge in [0.15, 0.2) is 11.5 Å². The number of allylic oxidation sites excluding steroid dienone is 1. The van der Waals surface area contributed by atoms with Crippen LogP contribution in [0, 0.1) is 5.92 Å². The summed E-state index contributed by atoms with van der Waals surface area (Å²) in [5.74, 6) is 1.17. The van der Waals surface area contributed by atoms with Crippen molar-refractivity contribution < 1.29 is 9.53 Å². The van der Waals surface area contributed by atoms with Gasteiger partial charge in [-0.15, -0.1) is 0 Å². The summed E-state index contributed by atoms with van der Waals surface area (Å²) < 4.78 is 5.13. The van der Waals surface area contributed by atoms with E-state index in [0.717, 1.165) is 19.3 Å². The smallest absolute Gasteiger partial charge is 0.200 e. The molecule has 0 amide bonds. The molecule has 0 radical (unpaired) electrons. The molecule has 2 aliphatic rings. The summed E-state index contributed by atoms with van der Waals surface area (Å²) in [5.41, 5.74) is 0. The Morgan fingerprint density at radius 3 is 2.90 bits per heavy atom. The molecule has 0 aromatic carbocycles. The highest BCUT2D eigenvalue weighted by molar-refractivity contribution is 5.97. The van der Waals surface area contributed by atoms with E-state index in [9.17, 15) is 4.79 Å². The van der Waals surface area contributed by atoms with Crippen molar-refractivity contribution in [2.75, 3.05) is 6.61 Å². The van der Waals surface area contributed by atoms with Crippen LogP contribution >= 0.6 is 0 Å². The zero-order valence-electron chi connectivity index (χ0n) is 5.80. The second-order valence-electron chi connectivity index (χ2n) is 2.84. The lowest BCUT2D eigenvalue weighted by molar-refractivity contribution is -0.119. The maximum Gasteiger partial charge on any atom is 0.200 e. The maximum atomic E-state index is 11.2. The van der Waals surface area contributed by atoms with Crippen LogP contribution in [-0.4, -0.2) is 12.4 Å². The van der Waals surface area contributed by atoms with Crippen LogP contribution in [0.3, 0.4) is 0 Å². The van der Waals surface area contributed by atoms with Crippen molar-refractivity contribution in [2.24, 2.45) is 5.92 Å². The van der Waals surface area contributed by atoms with E-state index >= 15 is 0 Å². The van der Waals surface area contributed by atoms with Crippen LogP contribution < -0.4 is 0 Å². The Balaban J connectivity index is 2.02. The van der Waals surface area contributed by atoms with E-state index in [1.807, 2.05) is 6.08 Å². The van der Waals surface area contributed by atoms with Gasteiger partial charge in [0, 0.05) is 12.3 Å². The van der Waals surface area contributed by atoms with Gasteiger partial charge in [0.1, 0.15) is 0 Å². The van der Waals surface area contributed by atoms with Crippen LogP contribution in [0.1, 0.15) is 19.3 Å². The zero-order valence-corrected chi connectivity index (χ0v) is 5.80. The summed E-state index contributed by atoms with van der Waals surface area (Å²) in [6.07, 6.45) is 4.95. The predicted molar refractivity (Wildman–Crippen MR) is 36.4 cm³/mol. The van der Waals surface area contributed by atoms with Crippen molar-refractivity contribution in [2.45, 2.75) is 19.3 Å². The number of Topliss-reactive ketones (excluding diaryl/α,β-unsaturated/α-hetero) is 1. The molecule has 1 aliphatic heterocycles. The van der Waals surface area contributed by atoms with E-state index in [1.165, 1.54) is 0 Å². The summed E-state index contributed by atoms with van der Waals surface area (Å²) in [5, 5.41) is 0. The molecule has 2 rings (SSSR count). The molecule has 2 nitrogen and oxygen atoms in total. The van der Waals surface area contributed by atoms with E-state index in [0.29, 0.717) is 18.3 Å². The first-order chi connectivity index (χ1) is 4.88. The summed E-state index contributed by atoms with van der Waals surface area (Å²) in [7, 11) is 0. The highest BCUT2D eigenvalue weighted by Crippen LogP contribution is 2.33. The number of carbonyl (C=O) groups is 1. The number of hydrogen-bond donors (Lipinski definition) is 0. The minimum atomic E-state index is 0.234. The molecule has 0 aromatic heterocycles. The number of rotatable bonds is 2. The minimum absolute atomic E-state index is 0.234. The fourth-order valence-electron chi connectivity index (χ4n) is 1.14. The van der Waals surface area contributed by atoms with Gasteiger partial charge in [-0.2, -0.15) is 0 Å². The molecule has 0 unspecified atom stereocenters. The van der Waals surface area contributed by atoms with Crippen LogP contribution in [0.2, 0.25) is 0 Å². The topological polar surface area (TPSA) is 26.3 Å². The quantitative estimate of drug-likeness (QED) is 0.574. The Labute approximate surface area is 59.9 Å². The molecule has 1 heterocycles. The summed E-state index contributed by atoms with van der Waals surface area (Å²) in [4.78, 5) is 11.2. The number of carbonyl (C=O) groups excluding carboxylic acids is 1. The third kappa shape index (κ3) is 0.939. The molecule has 0 N–H and O–H groups in total. The van der Waals surface area contributed by atoms with Crippen LogP contribution in [0.5, 0.6) is 0 Å². The molecule has 1 aliphatic carbocycles. The van der Waals surface area contributed by atoms with E-state index in [1.54, 1.807) is 0 Å². The Kier molecular flexibility index (Phi) is 1.26. The van der Waals surface area contributed by atoms with E-state index < -0.39 is 0 Å². The molecule has 1 fully saturated rings. The maximum absolute atomic E-state index is 11.2. The molecule has 1 saturated carbocycles. The summed E-state index contributed by atoms with van der Waals surface area (Å²) >= 11 is 0. The second-order valence-corrected chi connectivity index (χ2v) is 2.84. The molecule has 0 atom stereocenters. The normalized spacial score (nSPS) is 23.8.